The number of aliphatic hydroxyl groups is 1. The van der Waals surface area contributed by atoms with Gasteiger partial charge in [-0.1, -0.05) is 25.0 Å². The number of benzene rings is 1. The summed E-state index contributed by atoms with van der Waals surface area (Å²) in [5.74, 6) is -1.98. The van der Waals surface area contributed by atoms with E-state index in [9.17, 15) is 19.1 Å². The van der Waals surface area contributed by atoms with Crippen molar-refractivity contribution in [3.05, 3.63) is 71.1 Å². The summed E-state index contributed by atoms with van der Waals surface area (Å²) in [6.45, 7) is 0. The van der Waals surface area contributed by atoms with Crippen molar-refractivity contribution in [2.24, 2.45) is 0 Å². The molecule has 1 aromatic heterocycles. The number of hydrogen-bond donors (Lipinski definition) is 1. The van der Waals surface area contributed by atoms with Crippen molar-refractivity contribution < 1.29 is 23.5 Å². The SMILES string of the molecule is O=C(C1=C(O)C(=O)N(C2CCCC2)C1c1ccc(F)cc1)c1ccco1. The monoisotopic (exact) mass is 355 g/mol. The number of ketones is 1. The number of amides is 1. The zero-order valence-electron chi connectivity index (χ0n) is 14.0. The topological polar surface area (TPSA) is 70.8 Å². The molecule has 2 aliphatic rings. The van der Waals surface area contributed by atoms with Crippen LogP contribution in [0.4, 0.5) is 4.39 Å². The van der Waals surface area contributed by atoms with Crippen LogP contribution in [0.25, 0.3) is 0 Å². The molecule has 2 heterocycles. The van der Waals surface area contributed by atoms with E-state index in [0.29, 0.717) is 5.56 Å². The van der Waals surface area contributed by atoms with Crippen LogP contribution in [0.2, 0.25) is 0 Å². The normalized spacial score (nSPS) is 21.0. The molecule has 1 aromatic carbocycles. The van der Waals surface area contributed by atoms with Crippen LogP contribution in [0, 0.1) is 5.82 Å². The molecule has 0 bridgehead atoms. The van der Waals surface area contributed by atoms with Crippen LogP contribution in [0.1, 0.15) is 47.8 Å². The molecule has 26 heavy (non-hydrogen) atoms. The molecule has 1 saturated carbocycles. The maximum absolute atomic E-state index is 13.4. The van der Waals surface area contributed by atoms with E-state index in [0.717, 1.165) is 25.7 Å². The highest BCUT2D eigenvalue weighted by Crippen LogP contribution is 2.43. The molecule has 0 radical (unpaired) electrons. The third-order valence-corrected chi connectivity index (χ3v) is 5.14. The minimum absolute atomic E-state index is 0.0107. The van der Waals surface area contributed by atoms with Gasteiger partial charge in [-0.15, -0.1) is 0 Å². The maximum Gasteiger partial charge on any atom is 0.290 e. The Kier molecular flexibility index (Phi) is 4.11. The van der Waals surface area contributed by atoms with Crippen LogP contribution >= 0.6 is 0 Å². The first kappa shape index (κ1) is 16.6. The maximum atomic E-state index is 13.4. The molecule has 1 atom stereocenters. The minimum Gasteiger partial charge on any atom is -0.503 e. The Balaban J connectivity index is 1.82. The second kappa shape index (κ2) is 6.44. The Labute approximate surface area is 149 Å². The average molecular weight is 355 g/mol. The van der Waals surface area contributed by atoms with E-state index in [4.69, 9.17) is 4.42 Å². The second-order valence-electron chi connectivity index (χ2n) is 6.67. The van der Waals surface area contributed by atoms with Crippen molar-refractivity contribution in [2.45, 2.75) is 37.8 Å². The van der Waals surface area contributed by atoms with Crippen molar-refractivity contribution in [3.63, 3.8) is 0 Å². The van der Waals surface area contributed by atoms with Gasteiger partial charge in [0.05, 0.1) is 17.9 Å². The number of carbonyl (C=O) groups is 2. The van der Waals surface area contributed by atoms with Crippen molar-refractivity contribution in [1.82, 2.24) is 4.90 Å². The molecule has 1 N–H and O–H groups in total. The Morgan fingerprint density at radius 1 is 1.15 bits per heavy atom. The molecule has 1 aliphatic heterocycles. The van der Waals surface area contributed by atoms with Gasteiger partial charge in [0.2, 0.25) is 5.78 Å². The first-order chi connectivity index (χ1) is 12.6. The number of nitrogens with zero attached hydrogens (tertiary/aromatic N) is 1. The summed E-state index contributed by atoms with van der Waals surface area (Å²) in [7, 11) is 0. The van der Waals surface area contributed by atoms with Crippen LogP contribution in [-0.2, 0) is 4.79 Å². The summed E-state index contributed by atoms with van der Waals surface area (Å²) in [4.78, 5) is 27.3. The zero-order valence-corrected chi connectivity index (χ0v) is 14.0. The lowest BCUT2D eigenvalue weighted by Crippen LogP contribution is -2.38. The van der Waals surface area contributed by atoms with Crippen molar-refractivity contribution in [1.29, 1.82) is 0 Å². The molecule has 1 unspecified atom stereocenters. The lowest BCUT2D eigenvalue weighted by Gasteiger charge is -2.32. The van der Waals surface area contributed by atoms with E-state index in [2.05, 4.69) is 0 Å². The summed E-state index contributed by atoms with van der Waals surface area (Å²) in [6.07, 6.45) is 4.99. The highest BCUT2D eigenvalue weighted by Gasteiger charge is 2.47. The summed E-state index contributed by atoms with van der Waals surface area (Å²) >= 11 is 0. The van der Waals surface area contributed by atoms with Crippen LogP contribution in [0.15, 0.2) is 58.4 Å². The van der Waals surface area contributed by atoms with Gasteiger partial charge in [0, 0.05) is 6.04 Å². The number of hydrogen-bond acceptors (Lipinski definition) is 4. The Hall–Kier alpha value is -2.89. The summed E-state index contributed by atoms with van der Waals surface area (Å²) in [5, 5.41) is 10.5. The Morgan fingerprint density at radius 3 is 2.46 bits per heavy atom. The van der Waals surface area contributed by atoms with Crippen LogP contribution in [0.3, 0.4) is 0 Å². The quantitative estimate of drug-likeness (QED) is 0.844. The molecule has 1 amide bonds. The van der Waals surface area contributed by atoms with E-state index >= 15 is 0 Å². The molecule has 5 nitrogen and oxygen atoms in total. The highest BCUT2D eigenvalue weighted by molar-refractivity contribution is 6.15. The van der Waals surface area contributed by atoms with Gasteiger partial charge in [-0.2, -0.15) is 0 Å². The number of furan rings is 1. The minimum atomic E-state index is -0.746. The van der Waals surface area contributed by atoms with Crippen molar-refractivity contribution in [3.8, 4) is 0 Å². The standard InChI is InChI=1S/C20H18FNO4/c21-13-9-7-12(8-10-13)17-16(18(23)15-6-3-11-26-15)19(24)20(25)22(17)14-4-1-2-5-14/h3,6-11,14,17,24H,1-2,4-5H2. The predicted octanol–water partition coefficient (Wildman–Crippen LogP) is 3.94. The van der Waals surface area contributed by atoms with Crippen LogP contribution in [-0.4, -0.2) is 27.7 Å². The number of carbonyl (C=O) groups excluding carboxylic acids is 2. The molecular weight excluding hydrogens is 337 g/mol. The third-order valence-electron chi connectivity index (χ3n) is 5.14. The van der Waals surface area contributed by atoms with Crippen LogP contribution in [0.5, 0.6) is 0 Å². The summed E-state index contributed by atoms with van der Waals surface area (Å²) in [6, 6.07) is 7.93. The number of halogens is 1. The largest absolute Gasteiger partial charge is 0.503 e. The fourth-order valence-electron chi connectivity index (χ4n) is 3.93. The van der Waals surface area contributed by atoms with E-state index in [1.807, 2.05) is 0 Å². The smallest absolute Gasteiger partial charge is 0.290 e. The van der Waals surface area contributed by atoms with E-state index < -0.39 is 29.3 Å². The molecule has 0 spiro atoms. The van der Waals surface area contributed by atoms with Gasteiger partial charge in [0.25, 0.3) is 5.91 Å². The summed E-state index contributed by atoms with van der Waals surface area (Å²) in [5.41, 5.74) is 0.578. The molecule has 1 aliphatic carbocycles. The molecule has 6 heteroatoms. The Bertz CT molecular complexity index is 864. The summed E-state index contributed by atoms with van der Waals surface area (Å²) < 4.78 is 18.6. The highest BCUT2D eigenvalue weighted by atomic mass is 19.1. The van der Waals surface area contributed by atoms with Gasteiger partial charge in [-0.25, -0.2) is 4.39 Å². The lowest BCUT2D eigenvalue weighted by molar-refractivity contribution is -0.131. The van der Waals surface area contributed by atoms with Crippen molar-refractivity contribution in [2.75, 3.05) is 0 Å². The fourth-order valence-corrected chi connectivity index (χ4v) is 3.93. The van der Waals surface area contributed by atoms with Gasteiger partial charge in [0.1, 0.15) is 5.82 Å². The van der Waals surface area contributed by atoms with E-state index in [1.54, 1.807) is 23.1 Å². The Morgan fingerprint density at radius 2 is 1.85 bits per heavy atom. The third kappa shape index (κ3) is 2.62. The number of aliphatic hydroxyl groups excluding tert-OH is 1. The van der Waals surface area contributed by atoms with Crippen molar-refractivity contribution >= 4 is 11.7 Å². The van der Waals surface area contributed by atoms with Gasteiger partial charge >= 0.3 is 0 Å². The fraction of sp³-hybridized carbons (Fsp3) is 0.300. The molecule has 134 valence electrons. The molecular formula is C20H18FNO4. The first-order valence-electron chi connectivity index (χ1n) is 8.67. The number of rotatable bonds is 4. The average Bonchev–Trinajstić information content (AvgIpc) is 3.38. The van der Waals surface area contributed by atoms with E-state index in [-0.39, 0.29) is 17.4 Å². The molecule has 4 rings (SSSR count). The van der Waals surface area contributed by atoms with Crippen LogP contribution < -0.4 is 0 Å². The molecule has 1 fully saturated rings. The van der Waals surface area contributed by atoms with Gasteiger partial charge in [-0.3, -0.25) is 9.59 Å². The first-order valence-corrected chi connectivity index (χ1v) is 8.67. The molecule has 2 aromatic rings. The predicted molar refractivity (Wildman–Crippen MR) is 90.9 cm³/mol. The number of Topliss-reactive ketones (excluding diaryl/α,β-unsaturated/α-hetero) is 1. The molecule has 0 saturated heterocycles. The van der Waals surface area contributed by atoms with Gasteiger partial charge in [-0.05, 0) is 42.7 Å². The van der Waals surface area contributed by atoms with Gasteiger partial charge in [0.15, 0.2) is 11.5 Å². The second-order valence-corrected chi connectivity index (χ2v) is 6.67. The van der Waals surface area contributed by atoms with E-state index in [1.165, 1.54) is 24.5 Å². The zero-order chi connectivity index (χ0) is 18.3. The van der Waals surface area contributed by atoms with Gasteiger partial charge < -0.3 is 14.4 Å². The lowest BCUT2D eigenvalue weighted by atomic mass is 9.94.